The van der Waals surface area contributed by atoms with Gasteiger partial charge >= 0.3 is 6.03 Å². The molecular weight excluding hydrogens is 328 g/mol. The quantitative estimate of drug-likeness (QED) is 0.667. The number of halogens is 1. The monoisotopic (exact) mass is 352 g/mol. The number of benzene rings is 1. The number of carbonyl (C=O) groups excluding carboxylic acids is 2. The van der Waals surface area contributed by atoms with E-state index >= 15 is 0 Å². The lowest BCUT2D eigenvalue weighted by Crippen LogP contribution is -2.44. The van der Waals surface area contributed by atoms with E-state index in [1.54, 1.807) is 0 Å². The Hall–Kier alpha value is -1.79. The van der Waals surface area contributed by atoms with Crippen LogP contribution >= 0.6 is 12.4 Å². The van der Waals surface area contributed by atoms with Crippen LogP contribution in [0.25, 0.3) is 0 Å². The highest BCUT2D eigenvalue weighted by atomic mass is 35.5. The minimum Gasteiger partial charge on any atom is -0.352 e. The SMILES string of the molecule is Cl.NC(=O)NCc1ccc(NC(=O)[C@@]23CCCC[C@H]2CNC3)cc1. The first-order chi connectivity index (χ1) is 11.1. The van der Waals surface area contributed by atoms with Gasteiger partial charge in [0.2, 0.25) is 5.91 Å². The summed E-state index contributed by atoms with van der Waals surface area (Å²) in [5, 5.41) is 9.02. The van der Waals surface area contributed by atoms with Gasteiger partial charge in [-0.15, -0.1) is 12.4 Å². The zero-order chi connectivity index (χ0) is 16.3. The molecule has 24 heavy (non-hydrogen) atoms. The van der Waals surface area contributed by atoms with Crippen molar-refractivity contribution in [1.82, 2.24) is 10.6 Å². The summed E-state index contributed by atoms with van der Waals surface area (Å²) in [4.78, 5) is 23.6. The molecule has 0 spiro atoms. The van der Waals surface area contributed by atoms with E-state index in [1.807, 2.05) is 24.3 Å². The van der Waals surface area contributed by atoms with Crippen molar-refractivity contribution in [3.8, 4) is 0 Å². The predicted molar refractivity (Wildman–Crippen MR) is 96.0 cm³/mol. The van der Waals surface area contributed by atoms with Crippen molar-refractivity contribution in [3.05, 3.63) is 29.8 Å². The molecule has 3 amide bonds. The first-order valence-corrected chi connectivity index (χ1v) is 8.24. The standard InChI is InChI=1S/C17H24N4O2.ClH/c18-16(23)20-9-12-4-6-14(7-5-12)21-15(22)17-8-2-1-3-13(17)10-19-11-17;/h4-7,13,19H,1-3,8-11H2,(H,21,22)(H3,18,20,23);1H/t13-,17+;/m0./s1. The van der Waals surface area contributed by atoms with Gasteiger partial charge in [0.1, 0.15) is 0 Å². The Morgan fingerprint density at radius 3 is 2.71 bits per heavy atom. The summed E-state index contributed by atoms with van der Waals surface area (Å²) < 4.78 is 0. The molecule has 5 N–H and O–H groups in total. The number of nitrogens with one attached hydrogen (secondary N) is 3. The average Bonchev–Trinajstić information content (AvgIpc) is 2.99. The number of urea groups is 1. The molecule has 2 atom stereocenters. The molecule has 0 radical (unpaired) electrons. The van der Waals surface area contributed by atoms with Gasteiger partial charge in [-0.25, -0.2) is 4.79 Å². The number of hydrogen-bond acceptors (Lipinski definition) is 3. The van der Waals surface area contributed by atoms with Crippen molar-refractivity contribution in [2.45, 2.75) is 32.2 Å². The fourth-order valence-electron chi connectivity index (χ4n) is 3.84. The lowest BCUT2D eigenvalue weighted by Gasteiger charge is -2.37. The summed E-state index contributed by atoms with van der Waals surface area (Å²) in [6, 6.07) is 6.96. The van der Waals surface area contributed by atoms with E-state index in [-0.39, 0.29) is 23.7 Å². The molecule has 0 aromatic heterocycles. The molecule has 1 saturated carbocycles. The van der Waals surface area contributed by atoms with Gasteiger partial charge in [0.25, 0.3) is 0 Å². The van der Waals surface area contributed by atoms with E-state index in [0.717, 1.165) is 43.6 Å². The maximum absolute atomic E-state index is 12.8. The highest BCUT2D eigenvalue weighted by Crippen LogP contribution is 2.44. The first kappa shape index (κ1) is 18.5. The van der Waals surface area contributed by atoms with Gasteiger partial charge in [0.05, 0.1) is 5.41 Å². The molecule has 1 saturated heterocycles. The van der Waals surface area contributed by atoms with Crippen LogP contribution in [0.2, 0.25) is 0 Å². The molecular formula is C17H25ClN4O2. The van der Waals surface area contributed by atoms with E-state index in [1.165, 1.54) is 6.42 Å². The molecule has 0 unspecified atom stereocenters. The molecule has 1 heterocycles. The number of nitrogens with two attached hydrogens (primary N) is 1. The smallest absolute Gasteiger partial charge is 0.312 e. The third-order valence-corrected chi connectivity index (χ3v) is 5.17. The molecule has 1 aliphatic carbocycles. The predicted octanol–water partition coefficient (Wildman–Crippen LogP) is 1.99. The third-order valence-electron chi connectivity index (χ3n) is 5.17. The Morgan fingerprint density at radius 1 is 1.25 bits per heavy atom. The normalized spacial score (nSPS) is 25.2. The summed E-state index contributed by atoms with van der Waals surface area (Å²) >= 11 is 0. The van der Waals surface area contributed by atoms with Crippen LogP contribution in [0.4, 0.5) is 10.5 Å². The fraction of sp³-hybridized carbons (Fsp3) is 0.529. The average molecular weight is 353 g/mol. The maximum atomic E-state index is 12.8. The number of hydrogen-bond donors (Lipinski definition) is 4. The van der Waals surface area contributed by atoms with Gasteiger partial charge < -0.3 is 21.7 Å². The summed E-state index contributed by atoms with van der Waals surface area (Å²) in [5.41, 5.74) is 6.55. The molecule has 3 rings (SSSR count). The van der Waals surface area contributed by atoms with Gasteiger partial charge in [0, 0.05) is 18.8 Å². The molecule has 132 valence electrons. The highest BCUT2D eigenvalue weighted by molar-refractivity contribution is 5.96. The lowest BCUT2D eigenvalue weighted by atomic mass is 9.67. The number of rotatable bonds is 4. The van der Waals surface area contributed by atoms with Crippen LogP contribution in [0, 0.1) is 11.3 Å². The fourth-order valence-corrected chi connectivity index (χ4v) is 3.84. The van der Waals surface area contributed by atoms with E-state index in [9.17, 15) is 9.59 Å². The van der Waals surface area contributed by atoms with Crippen LogP contribution in [-0.4, -0.2) is 25.0 Å². The summed E-state index contributed by atoms with van der Waals surface area (Å²) in [5.74, 6) is 0.588. The largest absolute Gasteiger partial charge is 0.352 e. The summed E-state index contributed by atoms with van der Waals surface area (Å²) in [6.07, 6.45) is 4.46. The second kappa shape index (κ2) is 7.85. The van der Waals surface area contributed by atoms with Crippen molar-refractivity contribution in [1.29, 1.82) is 0 Å². The molecule has 1 aromatic rings. The topological polar surface area (TPSA) is 96.2 Å². The zero-order valence-electron chi connectivity index (χ0n) is 13.6. The number of primary amides is 1. The molecule has 2 fully saturated rings. The van der Waals surface area contributed by atoms with Crippen LogP contribution < -0.4 is 21.7 Å². The molecule has 7 heteroatoms. The van der Waals surface area contributed by atoms with Crippen molar-refractivity contribution in [3.63, 3.8) is 0 Å². The minimum absolute atomic E-state index is 0. The Bertz CT molecular complexity index is 593. The summed E-state index contributed by atoms with van der Waals surface area (Å²) in [7, 11) is 0. The molecule has 0 bridgehead atoms. The molecule has 2 aliphatic rings. The Morgan fingerprint density at radius 2 is 2.00 bits per heavy atom. The number of fused-ring (bicyclic) bond motifs is 1. The number of carbonyl (C=O) groups is 2. The van der Waals surface area contributed by atoms with Crippen LogP contribution in [0.1, 0.15) is 31.2 Å². The van der Waals surface area contributed by atoms with Crippen LogP contribution in [0.3, 0.4) is 0 Å². The maximum Gasteiger partial charge on any atom is 0.312 e. The van der Waals surface area contributed by atoms with Crippen molar-refractivity contribution >= 4 is 30.0 Å². The third kappa shape index (κ3) is 3.82. The lowest BCUT2D eigenvalue weighted by molar-refractivity contribution is -0.128. The van der Waals surface area contributed by atoms with Crippen LogP contribution in [0.5, 0.6) is 0 Å². The Balaban J connectivity index is 0.00000208. The van der Waals surface area contributed by atoms with Gasteiger partial charge in [-0.1, -0.05) is 25.0 Å². The number of anilines is 1. The van der Waals surface area contributed by atoms with E-state index < -0.39 is 6.03 Å². The van der Waals surface area contributed by atoms with Crippen molar-refractivity contribution < 1.29 is 9.59 Å². The summed E-state index contributed by atoms with van der Waals surface area (Å²) in [6.45, 7) is 2.12. The molecule has 1 aromatic carbocycles. The Kier molecular flexibility index (Phi) is 6.07. The zero-order valence-corrected chi connectivity index (χ0v) is 14.5. The van der Waals surface area contributed by atoms with E-state index in [2.05, 4.69) is 16.0 Å². The van der Waals surface area contributed by atoms with Crippen molar-refractivity contribution in [2.75, 3.05) is 18.4 Å². The highest BCUT2D eigenvalue weighted by Gasteiger charge is 2.49. The van der Waals surface area contributed by atoms with Gasteiger partial charge in [-0.3, -0.25) is 4.79 Å². The van der Waals surface area contributed by atoms with Gasteiger partial charge in [-0.2, -0.15) is 0 Å². The van der Waals surface area contributed by atoms with Crippen LogP contribution in [0.15, 0.2) is 24.3 Å². The molecule has 1 aliphatic heterocycles. The Labute approximate surface area is 148 Å². The second-order valence-electron chi connectivity index (χ2n) is 6.60. The van der Waals surface area contributed by atoms with Crippen LogP contribution in [-0.2, 0) is 11.3 Å². The van der Waals surface area contributed by atoms with Gasteiger partial charge in [0.15, 0.2) is 0 Å². The first-order valence-electron chi connectivity index (χ1n) is 8.24. The van der Waals surface area contributed by atoms with Crippen molar-refractivity contribution in [2.24, 2.45) is 17.1 Å². The van der Waals surface area contributed by atoms with Gasteiger partial charge in [-0.05, 0) is 43.0 Å². The number of amides is 3. The minimum atomic E-state index is -0.543. The second-order valence-corrected chi connectivity index (χ2v) is 6.60. The molecule has 6 nitrogen and oxygen atoms in total. The van der Waals surface area contributed by atoms with E-state index in [4.69, 9.17) is 5.73 Å². The van der Waals surface area contributed by atoms with E-state index in [0.29, 0.717) is 12.5 Å².